The molecule has 0 heterocycles. The molecule has 1 fully saturated rings. The molecule has 0 aromatic heterocycles. The second-order valence-electron chi connectivity index (χ2n) is 5.94. The van der Waals surface area contributed by atoms with Gasteiger partial charge in [0.2, 0.25) is 5.91 Å². The molecule has 0 aliphatic heterocycles. The van der Waals surface area contributed by atoms with Crippen LogP contribution in [0.4, 0.5) is 0 Å². The van der Waals surface area contributed by atoms with E-state index in [0.717, 1.165) is 24.2 Å². The molecule has 5 nitrogen and oxygen atoms in total. The van der Waals surface area contributed by atoms with Crippen LogP contribution in [0.2, 0.25) is 0 Å². The number of rotatable bonds is 7. The first-order chi connectivity index (χ1) is 10.6. The number of hydrogen-bond donors (Lipinski definition) is 2. The van der Waals surface area contributed by atoms with E-state index in [1.807, 2.05) is 36.2 Å². The molecule has 0 spiro atoms. The van der Waals surface area contributed by atoms with Crippen molar-refractivity contribution in [3.05, 3.63) is 29.8 Å². The van der Waals surface area contributed by atoms with Crippen LogP contribution in [0.25, 0.3) is 0 Å². The van der Waals surface area contributed by atoms with Gasteiger partial charge >= 0.3 is 0 Å². The van der Waals surface area contributed by atoms with Crippen LogP contribution in [0.15, 0.2) is 24.3 Å². The minimum Gasteiger partial charge on any atom is -0.497 e. The van der Waals surface area contributed by atoms with Gasteiger partial charge in [0.25, 0.3) is 0 Å². The lowest BCUT2D eigenvalue weighted by Crippen LogP contribution is -2.41. The van der Waals surface area contributed by atoms with E-state index >= 15 is 0 Å². The van der Waals surface area contributed by atoms with E-state index in [2.05, 4.69) is 5.32 Å². The normalized spacial score (nSPS) is 16.7. The summed E-state index contributed by atoms with van der Waals surface area (Å²) in [5.74, 6) is 0.809. The maximum atomic E-state index is 12.1. The molecule has 1 aliphatic rings. The summed E-state index contributed by atoms with van der Waals surface area (Å²) in [6.45, 7) is 0.257. The van der Waals surface area contributed by atoms with Gasteiger partial charge in [0, 0.05) is 6.04 Å². The van der Waals surface area contributed by atoms with Crippen LogP contribution in [0.3, 0.4) is 0 Å². The van der Waals surface area contributed by atoms with E-state index in [9.17, 15) is 9.90 Å². The quantitative estimate of drug-likeness (QED) is 0.805. The van der Waals surface area contributed by atoms with E-state index in [4.69, 9.17) is 4.74 Å². The number of benzene rings is 1. The zero-order valence-corrected chi connectivity index (χ0v) is 13.4. The van der Waals surface area contributed by atoms with Crippen LogP contribution in [-0.2, 0) is 4.79 Å². The fourth-order valence-corrected chi connectivity index (χ4v) is 3.01. The highest BCUT2D eigenvalue weighted by Crippen LogP contribution is 2.22. The SMILES string of the molecule is COc1ccc(C(CO)N(C)CC(=O)NC2CCCC2)cc1. The van der Waals surface area contributed by atoms with Crippen LogP contribution >= 0.6 is 0 Å². The van der Waals surface area contributed by atoms with Gasteiger partial charge in [-0.2, -0.15) is 0 Å². The van der Waals surface area contributed by atoms with Gasteiger partial charge in [-0.3, -0.25) is 9.69 Å². The van der Waals surface area contributed by atoms with Gasteiger partial charge in [0.05, 0.1) is 26.3 Å². The molecule has 0 bridgehead atoms. The highest BCUT2D eigenvalue weighted by Gasteiger charge is 2.21. The minimum absolute atomic E-state index is 0.0282. The number of carbonyl (C=O) groups is 1. The number of methoxy groups -OCH3 is 1. The summed E-state index contributed by atoms with van der Waals surface area (Å²) in [5, 5.41) is 12.7. The first kappa shape index (κ1) is 16.8. The third kappa shape index (κ3) is 4.45. The number of ether oxygens (including phenoxy) is 1. The molecule has 1 unspecified atom stereocenters. The minimum atomic E-state index is -0.194. The van der Waals surface area contributed by atoms with Crippen molar-refractivity contribution >= 4 is 5.91 Å². The van der Waals surface area contributed by atoms with Crippen molar-refractivity contribution in [3.8, 4) is 5.75 Å². The second kappa shape index (κ2) is 8.15. The third-order valence-electron chi connectivity index (χ3n) is 4.32. The third-order valence-corrected chi connectivity index (χ3v) is 4.32. The molecule has 1 aliphatic carbocycles. The van der Waals surface area contributed by atoms with Crippen molar-refractivity contribution in [1.82, 2.24) is 10.2 Å². The first-order valence-electron chi connectivity index (χ1n) is 7.88. The van der Waals surface area contributed by atoms with Crippen molar-refractivity contribution in [2.45, 2.75) is 37.8 Å². The monoisotopic (exact) mass is 306 g/mol. The molecule has 1 aromatic rings. The molecule has 1 saturated carbocycles. The predicted octanol–water partition coefficient (Wildman–Crippen LogP) is 1.72. The Kier molecular flexibility index (Phi) is 6.21. The summed E-state index contributed by atoms with van der Waals surface area (Å²) in [4.78, 5) is 14.0. The van der Waals surface area contributed by atoms with Gasteiger partial charge in [-0.15, -0.1) is 0 Å². The van der Waals surface area contributed by atoms with Crippen molar-refractivity contribution in [2.75, 3.05) is 27.3 Å². The Balaban J connectivity index is 1.92. The van der Waals surface area contributed by atoms with E-state index in [1.165, 1.54) is 12.8 Å². The largest absolute Gasteiger partial charge is 0.497 e. The summed E-state index contributed by atoms with van der Waals surface area (Å²) in [7, 11) is 3.48. The molecule has 122 valence electrons. The fraction of sp³-hybridized carbons (Fsp3) is 0.588. The number of aliphatic hydroxyl groups is 1. The molecular formula is C17H26N2O3. The topological polar surface area (TPSA) is 61.8 Å². The van der Waals surface area contributed by atoms with Crippen molar-refractivity contribution in [1.29, 1.82) is 0 Å². The smallest absolute Gasteiger partial charge is 0.234 e. The molecular weight excluding hydrogens is 280 g/mol. The van der Waals surface area contributed by atoms with E-state index < -0.39 is 0 Å². The standard InChI is InChI=1S/C17H26N2O3/c1-19(11-17(21)18-14-5-3-4-6-14)16(12-20)13-7-9-15(22-2)10-8-13/h7-10,14,16,20H,3-6,11-12H2,1-2H3,(H,18,21). The van der Waals surface area contributed by atoms with E-state index in [0.29, 0.717) is 6.04 Å². The van der Waals surface area contributed by atoms with Crippen molar-refractivity contribution in [3.63, 3.8) is 0 Å². The lowest BCUT2D eigenvalue weighted by molar-refractivity contribution is -0.123. The molecule has 0 radical (unpaired) electrons. The average molecular weight is 306 g/mol. The summed E-state index contributed by atoms with van der Waals surface area (Å²) >= 11 is 0. The lowest BCUT2D eigenvalue weighted by atomic mass is 10.1. The number of carbonyl (C=O) groups excluding carboxylic acids is 1. The van der Waals surface area contributed by atoms with Crippen LogP contribution < -0.4 is 10.1 Å². The number of amides is 1. The van der Waals surface area contributed by atoms with E-state index in [-0.39, 0.29) is 25.1 Å². The van der Waals surface area contributed by atoms with Gasteiger partial charge in [0.15, 0.2) is 0 Å². The molecule has 1 amide bonds. The lowest BCUT2D eigenvalue weighted by Gasteiger charge is -2.27. The maximum absolute atomic E-state index is 12.1. The second-order valence-corrected chi connectivity index (χ2v) is 5.94. The van der Waals surface area contributed by atoms with Gasteiger partial charge in [-0.05, 0) is 37.6 Å². The van der Waals surface area contributed by atoms with Crippen LogP contribution in [0.5, 0.6) is 5.75 Å². The molecule has 1 aromatic carbocycles. The Morgan fingerprint density at radius 1 is 1.36 bits per heavy atom. The Labute approximate surface area is 132 Å². The number of hydrogen-bond acceptors (Lipinski definition) is 4. The highest BCUT2D eigenvalue weighted by atomic mass is 16.5. The first-order valence-corrected chi connectivity index (χ1v) is 7.88. The molecule has 1 atom stereocenters. The molecule has 0 saturated heterocycles. The summed E-state index contributed by atoms with van der Waals surface area (Å²) in [6, 6.07) is 7.71. The van der Waals surface area contributed by atoms with Crippen molar-refractivity contribution in [2.24, 2.45) is 0 Å². The Morgan fingerprint density at radius 2 is 2.00 bits per heavy atom. The Bertz CT molecular complexity index is 469. The maximum Gasteiger partial charge on any atom is 0.234 e. The average Bonchev–Trinajstić information content (AvgIpc) is 3.01. The predicted molar refractivity (Wildman–Crippen MR) is 85.8 cm³/mol. The summed E-state index contributed by atoms with van der Waals surface area (Å²) in [6.07, 6.45) is 4.56. The molecule has 22 heavy (non-hydrogen) atoms. The van der Waals surface area contributed by atoms with Crippen LogP contribution in [0.1, 0.15) is 37.3 Å². The number of nitrogens with one attached hydrogen (secondary N) is 1. The van der Waals surface area contributed by atoms with E-state index in [1.54, 1.807) is 7.11 Å². The summed E-state index contributed by atoms with van der Waals surface area (Å²) < 4.78 is 5.14. The number of likely N-dealkylation sites (N-methyl/N-ethyl adjacent to an activating group) is 1. The number of aliphatic hydroxyl groups excluding tert-OH is 1. The van der Waals surface area contributed by atoms with Gasteiger partial charge in [-0.1, -0.05) is 25.0 Å². The van der Waals surface area contributed by atoms with Gasteiger partial charge in [-0.25, -0.2) is 0 Å². The van der Waals surface area contributed by atoms with Crippen molar-refractivity contribution < 1.29 is 14.6 Å². The fourth-order valence-electron chi connectivity index (χ4n) is 3.01. The molecule has 5 heteroatoms. The Morgan fingerprint density at radius 3 is 2.55 bits per heavy atom. The van der Waals surface area contributed by atoms with Crippen LogP contribution in [-0.4, -0.2) is 49.3 Å². The zero-order valence-electron chi connectivity index (χ0n) is 13.4. The summed E-state index contributed by atoms with van der Waals surface area (Å²) in [5.41, 5.74) is 0.972. The van der Waals surface area contributed by atoms with Crippen LogP contribution in [0, 0.1) is 0 Å². The Hall–Kier alpha value is -1.59. The van der Waals surface area contributed by atoms with Gasteiger partial charge in [0.1, 0.15) is 5.75 Å². The zero-order chi connectivity index (χ0) is 15.9. The highest BCUT2D eigenvalue weighted by molar-refractivity contribution is 5.78. The molecule has 2 N–H and O–H groups in total. The van der Waals surface area contributed by atoms with Gasteiger partial charge < -0.3 is 15.2 Å². The molecule has 2 rings (SSSR count). The number of nitrogens with zero attached hydrogens (tertiary/aromatic N) is 1.